The fourth-order valence-corrected chi connectivity index (χ4v) is 3.00. The van der Waals surface area contributed by atoms with E-state index in [2.05, 4.69) is 40.1 Å². The molecular weight excluding hydrogens is 300 g/mol. The zero-order valence-corrected chi connectivity index (χ0v) is 14.1. The second kappa shape index (κ2) is 8.83. The summed E-state index contributed by atoms with van der Waals surface area (Å²) in [6, 6.07) is 18.3. The topological polar surface area (TPSA) is 35.9 Å². The standard InChI is InChI=1S/C20H26N2O2/c23-17-19-6-8-20(9-7-19)24-15-14-21-10-12-22(13-11-21)16-18-4-2-1-3-5-18/h1-9,23H,10-17H2. The first-order valence-electron chi connectivity index (χ1n) is 8.65. The number of piperazine rings is 1. The minimum Gasteiger partial charge on any atom is -0.492 e. The second-order valence-electron chi connectivity index (χ2n) is 6.25. The van der Waals surface area contributed by atoms with Gasteiger partial charge in [-0.15, -0.1) is 0 Å². The minimum atomic E-state index is 0.0769. The van der Waals surface area contributed by atoms with E-state index < -0.39 is 0 Å². The summed E-state index contributed by atoms with van der Waals surface area (Å²) < 4.78 is 5.79. The molecule has 1 fully saturated rings. The van der Waals surface area contributed by atoms with Crippen molar-refractivity contribution in [2.45, 2.75) is 13.2 Å². The molecule has 0 spiro atoms. The highest BCUT2D eigenvalue weighted by Gasteiger charge is 2.16. The van der Waals surface area contributed by atoms with Crippen LogP contribution < -0.4 is 4.74 Å². The van der Waals surface area contributed by atoms with Crippen LogP contribution in [0.25, 0.3) is 0 Å². The van der Waals surface area contributed by atoms with Gasteiger partial charge in [0.05, 0.1) is 6.61 Å². The van der Waals surface area contributed by atoms with Gasteiger partial charge in [-0.25, -0.2) is 0 Å². The van der Waals surface area contributed by atoms with Crippen LogP contribution in [0.5, 0.6) is 5.75 Å². The number of aliphatic hydroxyl groups is 1. The smallest absolute Gasteiger partial charge is 0.119 e. The lowest BCUT2D eigenvalue weighted by Gasteiger charge is -2.34. The fraction of sp³-hybridized carbons (Fsp3) is 0.400. The summed E-state index contributed by atoms with van der Waals surface area (Å²) in [5.74, 6) is 0.870. The number of ether oxygens (including phenoxy) is 1. The van der Waals surface area contributed by atoms with Gasteiger partial charge in [-0.3, -0.25) is 9.80 Å². The molecule has 128 valence electrons. The summed E-state index contributed by atoms with van der Waals surface area (Å²) in [6.45, 7) is 7.20. The fourth-order valence-electron chi connectivity index (χ4n) is 3.00. The van der Waals surface area contributed by atoms with Crippen molar-refractivity contribution < 1.29 is 9.84 Å². The van der Waals surface area contributed by atoms with Crippen LogP contribution in [0.1, 0.15) is 11.1 Å². The van der Waals surface area contributed by atoms with E-state index in [0.717, 1.165) is 50.6 Å². The Morgan fingerprint density at radius 1 is 0.792 bits per heavy atom. The lowest BCUT2D eigenvalue weighted by atomic mass is 10.2. The van der Waals surface area contributed by atoms with Crippen molar-refractivity contribution >= 4 is 0 Å². The first kappa shape index (κ1) is 17.0. The summed E-state index contributed by atoms with van der Waals surface area (Å²) in [6.07, 6.45) is 0. The largest absolute Gasteiger partial charge is 0.492 e. The molecule has 0 amide bonds. The van der Waals surface area contributed by atoms with Crippen LogP contribution in [-0.2, 0) is 13.2 Å². The molecule has 1 aliphatic rings. The molecule has 1 N–H and O–H groups in total. The molecule has 1 heterocycles. The molecule has 0 aliphatic carbocycles. The average Bonchev–Trinajstić information content (AvgIpc) is 2.65. The molecule has 4 nitrogen and oxygen atoms in total. The van der Waals surface area contributed by atoms with E-state index in [9.17, 15) is 0 Å². The zero-order valence-electron chi connectivity index (χ0n) is 14.1. The molecule has 0 radical (unpaired) electrons. The highest BCUT2D eigenvalue weighted by Crippen LogP contribution is 2.12. The Balaban J connectivity index is 1.35. The van der Waals surface area contributed by atoms with Gasteiger partial charge in [-0.05, 0) is 23.3 Å². The van der Waals surface area contributed by atoms with Gasteiger partial charge >= 0.3 is 0 Å². The Kier molecular flexibility index (Phi) is 6.24. The van der Waals surface area contributed by atoms with E-state index in [1.807, 2.05) is 24.3 Å². The SMILES string of the molecule is OCc1ccc(OCCN2CCN(Cc3ccccc3)CC2)cc1. The van der Waals surface area contributed by atoms with E-state index in [0.29, 0.717) is 6.61 Å². The molecular formula is C20H26N2O2. The van der Waals surface area contributed by atoms with E-state index in [-0.39, 0.29) is 6.61 Å². The van der Waals surface area contributed by atoms with Crippen molar-refractivity contribution in [1.29, 1.82) is 0 Å². The van der Waals surface area contributed by atoms with Crippen LogP contribution in [0, 0.1) is 0 Å². The lowest BCUT2D eigenvalue weighted by Crippen LogP contribution is -2.47. The second-order valence-corrected chi connectivity index (χ2v) is 6.25. The number of benzene rings is 2. The predicted octanol–water partition coefficient (Wildman–Crippen LogP) is 2.38. The van der Waals surface area contributed by atoms with E-state index in [1.165, 1.54) is 5.56 Å². The van der Waals surface area contributed by atoms with Crippen molar-refractivity contribution in [3.63, 3.8) is 0 Å². The van der Waals surface area contributed by atoms with Crippen LogP contribution in [0.2, 0.25) is 0 Å². The van der Waals surface area contributed by atoms with Crippen molar-refractivity contribution in [2.24, 2.45) is 0 Å². The van der Waals surface area contributed by atoms with Gasteiger partial charge in [0.2, 0.25) is 0 Å². The number of hydrogen-bond acceptors (Lipinski definition) is 4. The molecule has 0 bridgehead atoms. The van der Waals surface area contributed by atoms with Crippen molar-refractivity contribution in [1.82, 2.24) is 9.80 Å². The highest BCUT2D eigenvalue weighted by molar-refractivity contribution is 5.26. The minimum absolute atomic E-state index is 0.0769. The van der Waals surface area contributed by atoms with Crippen molar-refractivity contribution in [3.8, 4) is 5.75 Å². The summed E-state index contributed by atoms with van der Waals surface area (Å²) >= 11 is 0. The number of hydrogen-bond donors (Lipinski definition) is 1. The third-order valence-corrected chi connectivity index (χ3v) is 4.50. The maximum Gasteiger partial charge on any atom is 0.119 e. The van der Waals surface area contributed by atoms with Crippen LogP contribution >= 0.6 is 0 Å². The molecule has 4 heteroatoms. The number of nitrogens with zero attached hydrogens (tertiary/aromatic N) is 2. The maximum absolute atomic E-state index is 9.04. The number of aliphatic hydroxyl groups excluding tert-OH is 1. The average molecular weight is 326 g/mol. The van der Waals surface area contributed by atoms with Crippen molar-refractivity contribution in [3.05, 3.63) is 65.7 Å². The molecule has 3 rings (SSSR count). The number of rotatable bonds is 7. The Bertz CT molecular complexity index is 593. The van der Waals surface area contributed by atoms with E-state index >= 15 is 0 Å². The molecule has 24 heavy (non-hydrogen) atoms. The summed E-state index contributed by atoms with van der Waals surface area (Å²) in [5, 5.41) is 9.04. The van der Waals surface area contributed by atoms with Crippen LogP contribution in [0.15, 0.2) is 54.6 Å². The Labute approximate surface area is 144 Å². The van der Waals surface area contributed by atoms with Gasteiger partial charge in [-0.1, -0.05) is 42.5 Å². The molecule has 0 saturated carbocycles. The predicted molar refractivity (Wildman–Crippen MR) is 96.0 cm³/mol. The molecule has 0 aromatic heterocycles. The molecule has 2 aromatic rings. The molecule has 1 saturated heterocycles. The van der Waals surface area contributed by atoms with Gasteiger partial charge in [0, 0.05) is 39.3 Å². The van der Waals surface area contributed by atoms with Gasteiger partial charge < -0.3 is 9.84 Å². The Hall–Kier alpha value is -1.88. The van der Waals surface area contributed by atoms with E-state index in [4.69, 9.17) is 9.84 Å². The Morgan fingerprint density at radius 3 is 2.12 bits per heavy atom. The van der Waals surface area contributed by atoms with Gasteiger partial charge in [0.15, 0.2) is 0 Å². The maximum atomic E-state index is 9.04. The third kappa shape index (κ3) is 5.06. The van der Waals surface area contributed by atoms with Crippen LogP contribution in [0.3, 0.4) is 0 Å². The lowest BCUT2D eigenvalue weighted by molar-refractivity contribution is 0.112. The third-order valence-electron chi connectivity index (χ3n) is 4.50. The monoisotopic (exact) mass is 326 g/mol. The Morgan fingerprint density at radius 2 is 1.46 bits per heavy atom. The summed E-state index contributed by atoms with van der Waals surface area (Å²) in [4.78, 5) is 4.98. The highest BCUT2D eigenvalue weighted by atomic mass is 16.5. The van der Waals surface area contributed by atoms with Crippen LogP contribution in [-0.4, -0.2) is 54.2 Å². The zero-order chi connectivity index (χ0) is 16.6. The van der Waals surface area contributed by atoms with Crippen LogP contribution in [0.4, 0.5) is 0 Å². The molecule has 1 aliphatic heterocycles. The van der Waals surface area contributed by atoms with E-state index in [1.54, 1.807) is 0 Å². The van der Waals surface area contributed by atoms with Gasteiger partial charge in [-0.2, -0.15) is 0 Å². The van der Waals surface area contributed by atoms with Crippen molar-refractivity contribution in [2.75, 3.05) is 39.3 Å². The normalized spacial score (nSPS) is 16.2. The summed E-state index contributed by atoms with van der Waals surface area (Å²) in [5.41, 5.74) is 2.30. The van der Waals surface area contributed by atoms with Gasteiger partial charge in [0.25, 0.3) is 0 Å². The molecule has 2 aromatic carbocycles. The van der Waals surface area contributed by atoms with Gasteiger partial charge in [0.1, 0.15) is 12.4 Å². The first-order chi connectivity index (χ1) is 11.8. The molecule has 0 atom stereocenters. The summed E-state index contributed by atoms with van der Waals surface area (Å²) in [7, 11) is 0. The quantitative estimate of drug-likeness (QED) is 0.847. The molecule has 0 unspecified atom stereocenters. The first-order valence-corrected chi connectivity index (χ1v) is 8.65.